The van der Waals surface area contributed by atoms with Gasteiger partial charge in [0.2, 0.25) is 11.2 Å². The number of benzene rings is 3. The fourth-order valence-corrected chi connectivity index (χ4v) is 6.02. The van der Waals surface area contributed by atoms with E-state index in [1.165, 1.54) is 31.4 Å². The molecule has 1 aliphatic heterocycles. The zero-order valence-corrected chi connectivity index (χ0v) is 28.7. The number of aromatic hydroxyl groups is 2. The second-order valence-corrected chi connectivity index (χ2v) is 12.4. The number of fused-ring (bicyclic) bond motifs is 2. The van der Waals surface area contributed by atoms with E-state index >= 15 is 0 Å². The molecule has 2 unspecified atom stereocenters. The summed E-state index contributed by atoms with van der Waals surface area (Å²) < 4.78 is 36.0. The Labute approximate surface area is 287 Å². The smallest absolute Gasteiger partial charge is 0.238 e. The topological polar surface area (TPSA) is 137 Å². The Morgan fingerprint density at radius 1 is 0.735 bits per heavy atom. The van der Waals surface area contributed by atoms with Crippen molar-refractivity contribution < 1.29 is 43.4 Å². The fraction of sp³-hybridized carbons (Fsp3) is 0.462. The summed E-state index contributed by atoms with van der Waals surface area (Å²) in [6.07, 6.45) is 9.40. The molecule has 0 saturated heterocycles. The summed E-state index contributed by atoms with van der Waals surface area (Å²) in [6.45, 7) is 4.98. The number of aliphatic hydroxyl groups excluding tert-OH is 1. The third-order valence-electron chi connectivity index (χ3n) is 8.70. The minimum atomic E-state index is -0.714. The first-order valence-corrected chi connectivity index (χ1v) is 17.4. The highest BCUT2D eigenvalue weighted by Crippen LogP contribution is 2.44. The lowest BCUT2D eigenvalue weighted by Gasteiger charge is -2.33. The Hall–Kier alpha value is -4.57. The average Bonchev–Trinajstić information content (AvgIpc) is 3.11. The Bertz CT molecular complexity index is 1750. The quantitative estimate of drug-likeness (QED) is 0.0881. The highest BCUT2D eigenvalue weighted by atomic mass is 16.6. The van der Waals surface area contributed by atoms with Crippen LogP contribution >= 0.6 is 0 Å². The molecule has 264 valence electrons. The van der Waals surface area contributed by atoms with Gasteiger partial charge in [0, 0.05) is 23.3 Å². The number of hydrogen-bond donors (Lipinski definition) is 3. The van der Waals surface area contributed by atoms with Gasteiger partial charge in [-0.1, -0.05) is 71.3 Å². The highest BCUT2D eigenvalue weighted by Gasteiger charge is 2.34. The van der Waals surface area contributed by atoms with E-state index in [1.54, 1.807) is 25.3 Å². The van der Waals surface area contributed by atoms with Gasteiger partial charge in [-0.05, 0) is 43.2 Å². The lowest BCUT2D eigenvalue weighted by Crippen LogP contribution is -2.36. The van der Waals surface area contributed by atoms with E-state index in [-0.39, 0.29) is 34.8 Å². The van der Waals surface area contributed by atoms with Crippen LogP contribution in [0.15, 0.2) is 57.7 Å². The number of phenolic OH excluding ortho intramolecular Hbond substituents is 1. The number of methoxy groups -OCH3 is 1. The van der Waals surface area contributed by atoms with Crippen LogP contribution in [0.25, 0.3) is 22.3 Å². The van der Waals surface area contributed by atoms with Crippen molar-refractivity contribution in [2.75, 3.05) is 26.9 Å². The summed E-state index contributed by atoms with van der Waals surface area (Å²) in [5.41, 5.74) is 0.445. The number of rotatable bonds is 18. The van der Waals surface area contributed by atoms with Crippen LogP contribution in [0.4, 0.5) is 0 Å². The van der Waals surface area contributed by atoms with Crippen molar-refractivity contribution in [3.05, 3.63) is 64.3 Å². The van der Waals surface area contributed by atoms with Gasteiger partial charge in [-0.3, -0.25) is 4.79 Å². The maximum atomic E-state index is 13.5. The number of unbranched alkanes of at least 4 members (excludes halogenated alkanes) is 8. The van der Waals surface area contributed by atoms with Crippen molar-refractivity contribution >= 4 is 11.0 Å². The van der Waals surface area contributed by atoms with E-state index in [9.17, 15) is 20.1 Å². The molecule has 1 aliphatic rings. The van der Waals surface area contributed by atoms with Crippen LogP contribution in [0.3, 0.4) is 0 Å². The molecular formula is C39H48O10. The first-order valence-electron chi connectivity index (χ1n) is 17.4. The second kappa shape index (κ2) is 17.2. The van der Waals surface area contributed by atoms with Crippen molar-refractivity contribution in [3.63, 3.8) is 0 Å². The largest absolute Gasteiger partial charge is 0.508 e. The summed E-state index contributed by atoms with van der Waals surface area (Å²) in [5.74, 6) is 1.18. The van der Waals surface area contributed by atoms with Crippen LogP contribution in [-0.4, -0.2) is 48.4 Å². The van der Waals surface area contributed by atoms with Crippen molar-refractivity contribution in [1.82, 2.24) is 0 Å². The van der Waals surface area contributed by atoms with Crippen LogP contribution in [-0.2, 0) is 0 Å². The predicted octanol–water partition coefficient (Wildman–Crippen LogP) is 8.45. The van der Waals surface area contributed by atoms with Crippen molar-refractivity contribution in [2.45, 2.75) is 90.3 Å². The van der Waals surface area contributed by atoms with Crippen LogP contribution < -0.4 is 29.1 Å². The molecule has 2 heterocycles. The molecule has 0 aliphatic carbocycles. The lowest BCUT2D eigenvalue weighted by atomic mass is 10.0. The van der Waals surface area contributed by atoms with Gasteiger partial charge in [0.15, 0.2) is 41.0 Å². The zero-order valence-electron chi connectivity index (χ0n) is 28.7. The van der Waals surface area contributed by atoms with E-state index < -0.39 is 23.4 Å². The zero-order chi connectivity index (χ0) is 34.8. The maximum absolute atomic E-state index is 13.5. The molecule has 10 heteroatoms. The van der Waals surface area contributed by atoms with Crippen LogP contribution in [0, 0.1) is 0 Å². The van der Waals surface area contributed by atoms with Gasteiger partial charge in [-0.2, -0.15) is 0 Å². The molecule has 0 bridgehead atoms. The van der Waals surface area contributed by atoms with Crippen LogP contribution in [0.5, 0.6) is 40.2 Å². The third kappa shape index (κ3) is 8.54. The Balaban J connectivity index is 1.38. The lowest BCUT2D eigenvalue weighted by molar-refractivity contribution is -0.0123. The third-order valence-corrected chi connectivity index (χ3v) is 8.70. The molecule has 3 aromatic carbocycles. The van der Waals surface area contributed by atoms with Crippen molar-refractivity contribution in [3.8, 4) is 51.6 Å². The molecule has 0 spiro atoms. The Morgan fingerprint density at radius 2 is 1.43 bits per heavy atom. The maximum Gasteiger partial charge on any atom is 0.238 e. The molecule has 3 N–H and O–H groups in total. The molecule has 2 atom stereocenters. The van der Waals surface area contributed by atoms with E-state index in [0.29, 0.717) is 47.3 Å². The second-order valence-electron chi connectivity index (χ2n) is 12.4. The molecular weight excluding hydrogens is 628 g/mol. The predicted molar refractivity (Wildman–Crippen MR) is 188 cm³/mol. The molecule has 49 heavy (non-hydrogen) atoms. The number of phenols is 1. The molecule has 5 rings (SSSR count). The van der Waals surface area contributed by atoms with Crippen LogP contribution in [0.1, 0.15) is 89.7 Å². The molecule has 0 fully saturated rings. The number of aliphatic hydroxyl groups is 1. The first kappa shape index (κ1) is 35.7. The SMILES string of the molecule is CCCCCCCOc1ccc(C2Oc3cc(-c4oc5cc(O)cc(OCCCCCCC)c5c(=O)c4O)ccc3OC2CO)cc1OC. The van der Waals surface area contributed by atoms with Gasteiger partial charge in [0.25, 0.3) is 0 Å². The molecule has 0 amide bonds. The molecule has 1 aromatic heterocycles. The monoisotopic (exact) mass is 676 g/mol. The molecule has 10 nitrogen and oxygen atoms in total. The normalized spacial score (nSPS) is 15.3. The fourth-order valence-electron chi connectivity index (χ4n) is 6.02. The van der Waals surface area contributed by atoms with Crippen molar-refractivity contribution in [1.29, 1.82) is 0 Å². The van der Waals surface area contributed by atoms with Crippen LogP contribution in [0.2, 0.25) is 0 Å². The summed E-state index contributed by atoms with van der Waals surface area (Å²) >= 11 is 0. The van der Waals surface area contributed by atoms with Gasteiger partial charge in [0.05, 0.1) is 26.9 Å². The van der Waals surface area contributed by atoms with Gasteiger partial charge < -0.3 is 43.4 Å². The van der Waals surface area contributed by atoms with Gasteiger partial charge in [-0.15, -0.1) is 0 Å². The number of ether oxygens (including phenoxy) is 5. The van der Waals surface area contributed by atoms with E-state index in [4.69, 9.17) is 28.1 Å². The summed E-state index contributed by atoms with van der Waals surface area (Å²) in [4.78, 5) is 13.5. The first-order chi connectivity index (χ1) is 23.9. The molecule has 0 saturated carbocycles. The molecule has 4 aromatic rings. The minimum Gasteiger partial charge on any atom is -0.508 e. The van der Waals surface area contributed by atoms with Crippen molar-refractivity contribution in [2.24, 2.45) is 0 Å². The molecule has 0 radical (unpaired) electrons. The summed E-state index contributed by atoms with van der Waals surface area (Å²) in [7, 11) is 1.57. The van der Waals surface area contributed by atoms with Gasteiger partial charge >= 0.3 is 0 Å². The summed E-state index contributed by atoms with van der Waals surface area (Å²) in [6, 6.07) is 13.0. The average molecular weight is 677 g/mol. The van der Waals surface area contributed by atoms with Gasteiger partial charge in [-0.25, -0.2) is 0 Å². The Kier molecular flexibility index (Phi) is 12.5. The highest BCUT2D eigenvalue weighted by molar-refractivity contribution is 5.88. The number of hydrogen-bond acceptors (Lipinski definition) is 10. The van der Waals surface area contributed by atoms with Gasteiger partial charge in [0.1, 0.15) is 22.5 Å². The van der Waals surface area contributed by atoms with E-state index in [1.807, 2.05) is 18.2 Å². The standard InChI is InChI=1S/C39H48O10/c1-4-6-8-10-12-18-45-28-16-14-25(20-30(28)44-3)38-34(24-40)47-29-17-15-26(21-31(29)48-38)39-37(43)36(42)35-32(22-27(41)23-33(35)49-39)46-19-13-11-9-7-5-2/h14-17,20-23,34,38,40-41,43H,4-13,18-19,24H2,1-3H3. The van der Waals surface area contributed by atoms with E-state index in [2.05, 4.69) is 13.8 Å². The summed E-state index contributed by atoms with van der Waals surface area (Å²) in [5, 5.41) is 31.7. The Morgan fingerprint density at radius 3 is 2.10 bits per heavy atom. The minimum absolute atomic E-state index is 0.0499. The van der Waals surface area contributed by atoms with E-state index in [0.717, 1.165) is 44.9 Å².